The van der Waals surface area contributed by atoms with E-state index in [1.807, 2.05) is 60.7 Å². The van der Waals surface area contributed by atoms with Crippen molar-refractivity contribution in [3.8, 4) is 51.0 Å². The van der Waals surface area contributed by atoms with E-state index >= 15 is 0 Å². The van der Waals surface area contributed by atoms with Crippen LogP contribution in [0, 0.1) is 0 Å². The first kappa shape index (κ1) is 29.7. The molecule has 0 saturated heterocycles. The molecule has 5 nitrogen and oxygen atoms in total. The first-order valence-corrected chi connectivity index (χ1v) is 20.5. The van der Waals surface area contributed by atoms with Gasteiger partial charge in [0.1, 0.15) is 11.2 Å². The van der Waals surface area contributed by atoms with E-state index in [2.05, 4.69) is 120 Å². The molecule has 0 aliphatic heterocycles. The van der Waals surface area contributed by atoms with Crippen LogP contribution in [0.5, 0.6) is 0 Å². The molecule has 3 aromatic heterocycles. The zero-order valence-corrected chi connectivity index (χ0v) is 32.9. The smallest absolute Gasteiger partial charge is 0.167 e. The summed E-state index contributed by atoms with van der Waals surface area (Å²) in [6.45, 7) is 0. The molecule has 62 heavy (non-hydrogen) atoms. The van der Waals surface area contributed by atoms with E-state index in [0.717, 1.165) is 49.4 Å². The Morgan fingerprint density at radius 1 is 0.387 bits per heavy atom. The molecule has 0 unspecified atom stereocenters. The van der Waals surface area contributed by atoms with Crippen molar-refractivity contribution in [2.24, 2.45) is 0 Å². The zero-order chi connectivity index (χ0) is 45.1. The van der Waals surface area contributed by atoms with Gasteiger partial charge in [0.15, 0.2) is 17.5 Å². The standard InChI is InChI=1S/C57H34N4O/c1-3-16-35(17-4-1)55-58-56(36-18-5-2-6-19-36)60-57(59-55)49-34-38(61-50-28-13-11-23-43(50)44-24-12-14-29-51(44)61)33-48-45-31-30-37(32-52(45)62-54(48)49)39-26-15-27-47-42-21-8-7-20-40(42)41-22-9-10-25-46(41)53(39)47/h1-34H/i1D,3D,4D,16D,17D. The molecule has 3 heterocycles. The van der Waals surface area contributed by atoms with Gasteiger partial charge in [-0.2, -0.15) is 0 Å². The highest BCUT2D eigenvalue weighted by molar-refractivity contribution is 6.28. The fourth-order valence-electron chi connectivity index (χ4n) is 9.41. The van der Waals surface area contributed by atoms with Crippen LogP contribution in [0.15, 0.2) is 211 Å². The van der Waals surface area contributed by atoms with Crippen LogP contribution in [0.2, 0.25) is 0 Å². The molecule has 0 aliphatic rings. The van der Waals surface area contributed by atoms with Crippen molar-refractivity contribution in [2.75, 3.05) is 0 Å². The minimum Gasteiger partial charge on any atom is -0.455 e. The van der Waals surface area contributed by atoms with E-state index < -0.39 is 30.2 Å². The van der Waals surface area contributed by atoms with Crippen molar-refractivity contribution in [1.29, 1.82) is 0 Å². The largest absolute Gasteiger partial charge is 0.455 e. The summed E-state index contributed by atoms with van der Waals surface area (Å²) in [6, 6.07) is 58.0. The van der Waals surface area contributed by atoms with E-state index in [1.54, 1.807) is 0 Å². The highest BCUT2D eigenvalue weighted by Gasteiger charge is 2.22. The second-order valence-corrected chi connectivity index (χ2v) is 15.5. The number of aromatic nitrogens is 4. The van der Waals surface area contributed by atoms with Crippen LogP contribution < -0.4 is 0 Å². The fraction of sp³-hybridized carbons (Fsp3) is 0. The number of para-hydroxylation sites is 2. The topological polar surface area (TPSA) is 56.7 Å². The lowest BCUT2D eigenvalue weighted by Crippen LogP contribution is -2.01. The Morgan fingerprint density at radius 3 is 1.65 bits per heavy atom. The van der Waals surface area contributed by atoms with Crippen LogP contribution >= 0.6 is 0 Å². The summed E-state index contributed by atoms with van der Waals surface area (Å²) >= 11 is 0. The highest BCUT2D eigenvalue weighted by atomic mass is 16.3. The first-order valence-electron chi connectivity index (χ1n) is 23.0. The van der Waals surface area contributed by atoms with Gasteiger partial charge in [-0.3, -0.25) is 0 Å². The lowest BCUT2D eigenvalue weighted by Gasteiger charge is -2.14. The second-order valence-electron chi connectivity index (χ2n) is 15.5. The van der Waals surface area contributed by atoms with Gasteiger partial charge in [0.05, 0.1) is 23.5 Å². The van der Waals surface area contributed by atoms with Crippen LogP contribution in [0.4, 0.5) is 0 Å². The summed E-state index contributed by atoms with van der Waals surface area (Å²) in [5, 5.41) is 11.0. The van der Waals surface area contributed by atoms with E-state index in [4.69, 9.17) is 26.2 Å². The third-order valence-corrected chi connectivity index (χ3v) is 12.1. The summed E-state index contributed by atoms with van der Waals surface area (Å²) in [7, 11) is 0. The van der Waals surface area contributed by atoms with Gasteiger partial charge in [-0.05, 0) is 79.8 Å². The monoisotopic (exact) mass is 795 g/mol. The number of benzene rings is 10. The average molecular weight is 796 g/mol. The lowest BCUT2D eigenvalue weighted by molar-refractivity contribution is 0.669. The molecule has 0 radical (unpaired) electrons. The quantitative estimate of drug-likeness (QED) is 0.163. The molecule has 13 rings (SSSR count). The Balaban J connectivity index is 1.12. The molecule has 0 bridgehead atoms. The highest BCUT2D eigenvalue weighted by Crippen LogP contribution is 2.44. The van der Waals surface area contributed by atoms with Gasteiger partial charge in [0, 0.05) is 38.4 Å². The molecular formula is C57H34N4O. The number of rotatable bonds is 5. The van der Waals surface area contributed by atoms with Gasteiger partial charge in [-0.25, -0.2) is 15.0 Å². The van der Waals surface area contributed by atoms with E-state index in [0.29, 0.717) is 22.3 Å². The normalized spacial score (nSPS) is 13.0. The number of hydrogen-bond donors (Lipinski definition) is 0. The SMILES string of the molecule is [2H]c1c([2H])c([2H])c(-c2nc(-c3ccccc3)nc(-c3cc(-n4c5ccccc5c5ccccc54)cc4c3oc3cc(-c5cccc6c7ccccc7c7ccccc7c56)ccc34)n2)c([2H])c1[2H]. The first-order chi connectivity index (χ1) is 32.8. The third kappa shape index (κ3) is 5.25. The van der Waals surface area contributed by atoms with E-state index in [-0.39, 0.29) is 23.0 Å². The number of fused-ring (bicyclic) bond motifs is 12. The predicted octanol–water partition coefficient (Wildman–Crippen LogP) is 15.0. The van der Waals surface area contributed by atoms with Crippen molar-refractivity contribution in [3.63, 3.8) is 0 Å². The molecule has 288 valence electrons. The van der Waals surface area contributed by atoms with Crippen LogP contribution in [0.25, 0.3) is 127 Å². The Morgan fingerprint density at radius 2 is 0.952 bits per heavy atom. The summed E-state index contributed by atoms with van der Waals surface area (Å²) in [5.74, 6) is 0.442. The van der Waals surface area contributed by atoms with Crippen LogP contribution in [-0.2, 0) is 0 Å². The Hall–Kier alpha value is -8.41. The van der Waals surface area contributed by atoms with Gasteiger partial charge in [0.2, 0.25) is 0 Å². The van der Waals surface area contributed by atoms with Crippen LogP contribution in [0.1, 0.15) is 6.85 Å². The van der Waals surface area contributed by atoms with Gasteiger partial charge >= 0.3 is 0 Å². The average Bonchev–Trinajstić information content (AvgIpc) is 3.92. The Kier molecular flexibility index (Phi) is 6.51. The molecule has 0 atom stereocenters. The van der Waals surface area contributed by atoms with Crippen LogP contribution in [0.3, 0.4) is 0 Å². The van der Waals surface area contributed by atoms with E-state index in [1.165, 1.54) is 32.3 Å². The van der Waals surface area contributed by atoms with Gasteiger partial charge in [0.25, 0.3) is 0 Å². The lowest BCUT2D eigenvalue weighted by atomic mass is 9.89. The summed E-state index contributed by atoms with van der Waals surface area (Å²) in [5.41, 5.74) is 7.23. The molecule has 0 saturated carbocycles. The maximum absolute atomic E-state index is 8.94. The van der Waals surface area contributed by atoms with Crippen LogP contribution in [-0.4, -0.2) is 19.5 Å². The van der Waals surface area contributed by atoms with E-state index in [9.17, 15) is 0 Å². The van der Waals surface area contributed by atoms with Crippen molar-refractivity contribution >= 4 is 76.1 Å². The van der Waals surface area contributed by atoms with Crippen molar-refractivity contribution in [3.05, 3.63) is 206 Å². The third-order valence-electron chi connectivity index (χ3n) is 12.1. The van der Waals surface area contributed by atoms with Crippen molar-refractivity contribution in [2.45, 2.75) is 0 Å². The summed E-state index contributed by atoms with van der Waals surface area (Å²) < 4.78 is 52.5. The van der Waals surface area contributed by atoms with Crippen molar-refractivity contribution < 1.29 is 11.3 Å². The number of hydrogen-bond acceptors (Lipinski definition) is 4. The minimum absolute atomic E-state index is 0.0506. The molecule has 10 aromatic carbocycles. The molecule has 13 aromatic rings. The summed E-state index contributed by atoms with van der Waals surface area (Å²) in [4.78, 5) is 14.9. The number of nitrogens with zero attached hydrogens (tertiary/aromatic N) is 4. The van der Waals surface area contributed by atoms with Crippen molar-refractivity contribution in [1.82, 2.24) is 19.5 Å². The van der Waals surface area contributed by atoms with Gasteiger partial charge in [-0.1, -0.05) is 170 Å². The van der Waals surface area contributed by atoms with Gasteiger partial charge in [-0.15, -0.1) is 0 Å². The maximum atomic E-state index is 8.94. The fourth-order valence-corrected chi connectivity index (χ4v) is 9.41. The number of furan rings is 1. The summed E-state index contributed by atoms with van der Waals surface area (Å²) in [6.07, 6.45) is 0. The minimum atomic E-state index is -0.497. The second kappa shape index (κ2) is 13.6. The molecule has 0 amide bonds. The van der Waals surface area contributed by atoms with Gasteiger partial charge < -0.3 is 8.98 Å². The zero-order valence-electron chi connectivity index (χ0n) is 37.9. The Bertz CT molecular complexity index is 4110. The molecule has 0 N–H and O–H groups in total. The molecule has 0 fully saturated rings. The molecule has 0 spiro atoms. The molecule has 0 aliphatic carbocycles. The molecular weight excluding hydrogens is 757 g/mol. The maximum Gasteiger partial charge on any atom is 0.167 e. The predicted molar refractivity (Wildman–Crippen MR) is 256 cm³/mol. The Labute approximate surface area is 362 Å². The molecule has 5 heteroatoms.